The Balaban J connectivity index is 2.02. The van der Waals surface area contributed by atoms with Gasteiger partial charge in [0.15, 0.2) is 0 Å². The van der Waals surface area contributed by atoms with E-state index in [4.69, 9.17) is 4.52 Å². The van der Waals surface area contributed by atoms with E-state index < -0.39 is 0 Å². The Morgan fingerprint density at radius 1 is 1.53 bits per heavy atom. The Bertz CT molecular complexity index is 520. The molecule has 2 aromatic rings. The number of carbonyl (C=O) groups is 1. The molecule has 2 rings (SSSR count). The van der Waals surface area contributed by atoms with Crippen LogP contribution in [0.25, 0.3) is 0 Å². The van der Waals surface area contributed by atoms with Gasteiger partial charge in [0.1, 0.15) is 5.01 Å². The van der Waals surface area contributed by atoms with Crippen LogP contribution in [0.1, 0.15) is 34.6 Å². The minimum absolute atomic E-state index is 0.176. The van der Waals surface area contributed by atoms with Crippen molar-refractivity contribution in [2.75, 3.05) is 5.32 Å². The molecule has 0 spiro atoms. The molecule has 0 saturated carbocycles. The molecule has 2 aromatic heterocycles. The van der Waals surface area contributed by atoms with Crippen molar-refractivity contribution in [3.8, 4) is 0 Å². The second-order valence-electron chi connectivity index (χ2n) is 3.54. The van der Waals surface area contributed by atoms with Crippen LogP contribution < -0.4 is 5.32 Å². The zero-order valence-corrected chi connectivity index (χ0v) is 10.4. The summed E-state index contributed by atoms with van der Waals surface area (Å²) >= 11 is 1.37. The fraction of sp³-hybridized carbons (Fsp3) is 0.400. The molecule has 17 heavy (non-hydrogen) atoms. The van der Waals surface area contributed by atoms with E-state index in [9.17, 15) is 4.79 Å². The number of nitrogens with zero attached hydrogens (tertiary/aromatic N) is 3. The van der Waals surface area contributed by atoms with Gasteiger partial charge in [-0.25, -0.2) is 0 Å². The molecule has 0 saturated heterocycles. The largest absolute Gasteiger partial charge is 0.351 e. The van der Waals surface area contributed by atoms with Crippen molar-refractivity contribution in [2.45, 2.75) is 26.7 Å². The lowest BCUT2D eigenvalue weighted by atomic mass is 10.4. The van der Waals surface area contributed by atoms with Gasteiger partial charge in [-0.2, -0.15) is 0 Å². The zero-order valence-electron chi connectivity index (χ0n) is 9.56. The number of nitrogens with one attached hydrogen (secondary N) is 1. The number of hydrogen-bond donors (Lipinski definition) is 1. The molecule has 0 bridgehead atoms. The predicted octanol–water partition coefficient (Wildman–Crippen LogP) is 2.04. The van der Waals surface area contributed by atoms with Gasteiger partial charge in [0, 0.05) is 12.5 Å². The van der Waals surface area contributed by atoms with E-state index in [1.54, 1.807) is 13.0 Å². The van der Waals surface area contributed by atoms with Gasteiger partial charge >= 0.3 is 0 Å². The summed E-state index contributed by atoms with van der Waals surface area (Å²) in [4.78, 5) is 11.7. The first-order valence-electron chi connectivity index (χ1n) is 5.26. The summed E-state index contributed by atoms with van der Waals surface area (Å²) in [6, 6.07) is 1.57. The molecule has 1 N–H and O–H groups in total. The van der Waals surface area contributed by atoms with Crippen molar-refractivity contribution < 1.29 is 9.32 Å². The molecule has 1 amide bonds. The van der Waals surface area contributed by atoms with Crippen LogP contribution in [-0.2, 0) is 6.42 Å². The van der Waals surface area contributed by atoms with Crippen molar-refractivity contribution in [3.63, 3.8) is 0 Å². The third kappa shape index (κ3) is 2.88. The van der Waals surface area contributed by atoms with Gasteiger partial charge in [-0.15, -0.1) is 10.2 Å². The molecule has 0 aliphatic heterocycles. The van der Waals surface area contributed by atoms with Gasteiger partial charge in [0.25, 0.3) is 5.91 Å². The highest BCUT2D eigenvalue weighted by Gasteiger charge is 2.14. The smallest absolute Gasteiger partial charge is 0.296 e. The van der Waals surface area contributed by atoms with Crippen LogP contribution in [0.5, 0.6) is 0 Å². The SMILES string of the molecule is CCCc1nnc(NC(=O)c2cc(C)no2)s1. The van der Waals surface area contributed by atoms with Gasteiger partial charge < -0.3 is 4.52 Å². The molecule has 6 nitrogen and oxygen atoms in total. The van der Waals surface area contributed by atoms with E-state index >= 15 is 0 Å². The molecule has 0 atom stereocenters. The Morgan fingerprint density at radius 2 is 2.35 bits per heavy atom. The minimum Gasteiger partial charge on any atom is -0.351 e. The average molecular weight is 252 g/mol. The van der Waals surface area contributed by atoms with E-state index in [0.717, 1.165) is 17.8 Å². The van der Waals surface area contributed by atoms with E-state index in [1.165, 1.54) is 11.3 Å². The summed E-state index contributed by atoms with van der Waals surface area (Å²) in [7, 11) is 0. The Hall–Kier alpha value is -1.76. The molecule has 0 aromatic carbocycles. The van der Waals surface area contributed by atoms with Crippen LogP contribution in [0, 0.1) is 6.92 Å². The topological polar surface area (TPSA) is 80.9 Å². The normalized spacial score (nSPS) is 10.5. The van der Waals surface area contributed by atoms with Crippen molar-refractivity contribution >= 4 is 22.4 Å². The number of aryl methyl sites for hydroxylation is 2. The molecular weight excluding hydrogens is 240 g/mol. The number of hydrogen-bond acceptors (Lipinski definition) is 6. The summed E-state index contributed by atoms with van der Waals surface area (Å²) in [5.41, 5.74) is 0.666. The summed E-state index contributed by atoms with van der Waals surface area (Å²) < 4.78 is 4.85. The van der Waals surface area contributed by atoms with Crippen LogP contribution in [0.2, 0.25) is 0 Å². The number of amides is 1. The summed E-state index contributed by atoms with van der Waals surface area (Å²) in [5, 5.41) is 15.5. The third-order valence-corrected chi connectivity index (χ3v) is 2.90. The average Bonchev–Trinajstić information content (AvgIpc) is 2.88. The van der Waals surface area contributed by atoms with Gasteiger partial charge in [-0.1, -0.05) is 23.4 Å². The number of rotatable bonds is 4. The first-order valence-corrected chi connectivity index (χ1v) is 6.07. The third-order valence-electron chi connectivity index (χ3n) is 2.00. The van der Waals surface area contributed by atoms with E-state index in [1.807, 2.05) is 0 Å². The van der Waals surface area contributed by atoms with E-state index in [2.05, 4.69) is 27.6 Å². The molecule has 0 aliphatic carbocycles. The maximum Gasteiger partial charge on any atom is 0.296 e. The van der Waals surface area contributed by atoms with Crippen LogP contribution in [0.15, 0.2) is 10.6 Å². The predicted molar refractivity (Wildman–Crippen MR) is 63.1 cm³/mol. The number of anilines is 1. The second-order valence-corrected chi connectivity index (χ2v) is 4.60. The van der Waals surface area contributed by atoms with Crippen molar-refractivity contribution in [2.24, 2.45) is 0 Å². The van der Waals surface area contributed by atoms with Crippen molar-refractivity contribution in [1.29, 1.82) is 0 Å². The molecule has 0 aliphatic rings. The molecule has 2 heterocycles. The molecule has 0 fully saturated rings. The molecule has 0 radical (unpaired) electrons. The van der Waals surface area contributed by atoms with E-state index in [0.29, 0.717) is 10.8 Å². The lowest BCUT2D eigenvalue weighted by Crippen LogP contribution is -2.10. The fourth-order valence-electron chi connectivity index (χ4n) is 1.25. The zero-order chi connectivity index (χ0) is 12.3. The second kappa shape index (κ2) is 5.05. The van der Waals surface area contributed by atoms with Crippen LogP contribution in [0.4, 0.5) is 5.13 Å². The van der Waals surface area contributed by atoms with Crippen LogP contribution in [-0.4, -0.2) is 21.3 Å². The standard InChI is InChI=1S/C10H12N4O2S/c1-3-4-8-12-13-10(17-8)11-9(15)7-5-6(2)14-16-7/h5H,3-4H2,1-2H3,(H,11,13,15). The summed E-state index contributed by atoms with van der Waals surface area (Å²) in [5.74, 6) is -0.181. The summed E-state index contributed by atoms with van der Waals surface area (Å²) in [6.45, 7) is 3.82. The molecule has 7 heteroatoms. The number of carbonyl (C=O) groups excluding carboxylic acids is 1. The fourth-order valence-corrected chi connectivity index (χ4v) is 2.08. The molecular formula is C10H12N4O2S. The maximum atomic E-state index is 11.7. The van der Waals surface area contributed by atoms with E-state index in [-0.39, 0.29) is 11.7 Å². The monoisotopic (exact) mass is 252 g/mol. The molecule has 0 unspecified atom stereocenters. The Morgan fingerprint density at radius 3 is 3.00 bits per heavy atom. The van der Waals surface area contributed by atoms with Crippen LogP contribution in [0.3, 0.4) is 0 Å². The van der Waals surface area contributed by atoms with Crippen LogP contribution >= 0.6 is 11.3 Å². The van der Waals surface area contributed by atoms with Gasteiger partial charge in [-0.05, 0) is 13.3 Å². The Kier molecular flexibility index (Phi) is 3.48. The van der Waals surface area contributed by atoms with Gasteiger partial charge in [0.05, 0.1) is 5.69 Å². The summed E-state index contributed by atoms with van der Waals surface area (Å²) in [6.07, 6.45) is 1.87. The number of aromatic nitrogens is 3. The quantitative estimate of drug-likeness (QED) is 0.900. The lowest BCUT2D eigenvalue weighted by Gasteiger charge is -1.94. The highest BCUT2D eigenvalue weighted by atomic mass is 32.1. The maximum absolute atomic E-state index is 11.7. The lowest BCUT2D eigenvalue weighted by molar-refractivity contribution is 0.0988. The minimum atomic E-state index is -0.357. The highest BCUT2D eigenvalue weighted by molar-refractivity contribution is 7.15. The first kappa shape index (κ1) is 11.7. The first-order chi connectivity index (χ1) is 8.19. The van der Waals surface area contributed by atoms with Gasteiger partial charge in [0.2, 0.25) is 10.9 Å². The van der Waals surface area contributed by atoms with Gasteiger partial charge in [-0.3, -0.25) is 10.1 Å². The highest BCUT2D eigenvalue weighted by Crippen LogP contribution is 2.17. The van der Waals surface area contributed by atoms with Crippen molar-refractivity contribution in [1.82, 2.24) is 15.4 Å². The molecule has 90 valence electrons. The Labute approximate surface area is 102 Å². The van der Waals surface area contributed by atoms with Crippen molar-refractivity contribution in [3.05, 3.63) is 22.5 Å².